The van der Waals surface area contributed by atoms with E-state index in [1.54, 1.807) is 0 Å². The van der Waals surface area contributed by atoms with E-state index in [4.69, 9.17) is 27.5 Å². The number of thioether (sulfide) groups is 1. The maximum absolute atomic E-state index is 14.9. The van der Waals surface area contributed by atoms with E-state index in [1.165, 1.54) is 6.07 Å². The number of rotatable bonds is 10. The zero-order chi connectivity index (χ0) is 26.0. The third kappa shape index (κ3) is 7.84. The van der Waals surface area contributed by atoms with Gasteiger partial charge in [-0.1, -0.05) is 30.9 Å². The van der Waals surface area contributed by atoms with Gasteiger partial charge in [-0.3, -0.25) is 14.4 Å². The molecule has 0 N–H and O–H groups in total. The highest BCUT2D eigenvalue weighted by atomic mass is 35.5. The molecular formula is C25H27ClFNO6S. The zero-order valence-electron chi connectivity index (χ0n) is 19.7. The van der Waals surface area contributed by atoms with Crippen molar-refractivity contribution in [2.24, 2.45) is 0 Å². The molecule has 1 aromatic carbocycles. The molecule has 0 saturated carbocycles. The molecule has 2 rings (SSSR count). The number of terminal acetylenes is 1. The number of nitrogens with zero attached hydrogens (tertiary/aromatic N) is 1. The van der Waals surface area contributed by atoms with E-state index in [-0.39, 0.29) is 47.1 Å². The van der Waals surface area contributed by atoms with E-state index in [0.29, 0.717) is 29.2 Å². The van der Waals surface area contributed by atoms with Crippen LogP contribution in [0.3, 0.4) is 0 Å². The van der Waals surface area contributed by atoms with Gasteiger partial charge in [-0.2, -0.15) is 0 Å². The maximum atomic E-state index is 14.9. The predicted octanol–water partition coefficient (Wildman–Crippen LogP) is 4.84. The number of benzene rings is 1. The summed E-state index contributed by atoms with van der Waals surface area (Å²) in [5.74, 6) is -1.56. The van der Waals surface area contributed by atoms with Crippen LogP contribution in [0.25, 0.3) is 0 Å². The summed E-state index contributed by atoms with van der Waals surface area (Å²) < 4.78 is 25.0. The van der Waals surface area contributed by atoms with E-state index in [1.807, 2.05) is 6.92 Å². The van der Waals surface area contributed by atoms with Gasteiger partial charge in [0, 0.05) is 23.0 Å². The first-order valence-electron chi connectivity index (χ1n) is 11.2. The molecule has 0 heterocycles. The fourth-order valence-corrected chi connectivity index (χ4v) is 4.49. The third-order valence-corrected chi connectivity index (χ3v) is 6.58. The molecule has 1 aliphatic carbocycles. The van der Waals surface area contributed by atoms with Crippen LogP contribution in [-0.4, -0.2) is 42.7 Å². The van der Waals surface area contributed by atoms with Gasteiger partial charge in [0.15, 0.2) is 6.61 Å². The molecular weight excluding hydrogens is 497 g/mol. The van der Waals surface area contributed by atoms with Crippen molar-refractivity contribution in [2.75, 3.05) is 23.9 Å². The second-order valence-electron chi connectivity index (χ2n) is 7.70. The molecule has 0 aromatic heterocycles. The number of carbonyl (C=O) groups excluding carboxylic acids is 4. The monoisotopic (exact) mass is 523 g/mol. The predicted molar refractivity (Wildman–Crippen MR) is 131 cm³/mol. The van der Waals surface area contributed by atoms with Crippen molar-refractivity contribution >= 4 is 52.8 Å². The molecule has 0 spiro atoms. The lowest BCUT2D eigenvalue weighted by molar-refractivity contribution is -0.140. The Morgan fingerprint density at radius 3 is 2.49 bits per heavy atom. The summed E-state index contributed by atoms with van der Waals surface area (Å²) in [6.07, 6.45) is 8.52. The number of ether oxygens (including phenoxy) is 2. The van der Waals surface area contributed by atoms with Crippen LogP contribution in [0.2, 0.25) is 5.02 Å². The summed E-state index contributed by atoms with van der Waals surface area (Å²) in [5, 5.41) is 0.0176. The van der Waals surface area contributed by atoms with Gasteiger partial charge in [0.1, 0.15) is 5.82 Å². The molecule has 0 bridgehead atoms. The Kier molecular flexibility index (Phi) is 11.3. The first kappa shape index (κ1) is 28.4. The smallest absolute Gasteiger partial charge is 0.335 e. The van der Waals surface area contributed by atoms with Gasteiger partial charge in [-0.15, -0.1) is 18.2 Å². The number of imide groups is 1. The van der Waals surface area contributed by atoms with Crippen LogP contribution in [0.1, 0.15) is 52.4 Å². The van der Waals surface area contributed by atoms with Gasteiger partial charge >= 0.3 is 11.9 Å². The number of hydrogen-bond acceptors (Lipinski definition) is 7. The molecule has 0 unspecified atom stereocenters. The van der Waals surface area contributed by atoms with Crippen LogP contribution in [0, 0.1) is 18.2 Å². The standard InChI is InChI=1S/C25H27ClFNO6S/c1-4-6-12-33-23(30)15-35-22-14-21(20(27)13-19(22)26)28(16(3)29)24(31)17-9-7-8-10-18(17)25(32)34-11-5-2/h2,13-14H,4,6-12,15H2,1,3H3. The Bertz CT molecular complexity index is 1060. The highest BCUT2D eigenvalue weighted by Crippen LogP contribution is 2.36. The Morgan fingerprint density at radius 1 is 1.17 bits per heavy atom. The minimum atomic E-state index is -0.902. The molecule has 2 amide bonds. The highest BCUT2D eigenvalue weighted by molar-refractivity contribution is 8.00. The van der Waals surface area contributed by atoms with Gasteiger partial charge in [0.25, 0.3) is 5.91 Å². The number of anilines is 1. The van der Waals surface area contributed by atoms with Crippen molar-refractivity contribution < 1.29 is 33.0 Å². The fraction of sp³-hybridized carbons (Fsp3) is 0.440. The minimum absolute atomic E-state index is 0.0176. The molecule has 188 valence electrons. The summed E-state index contributed by atoms with van der Waals surface area (Å²) in [4.78, 5) is 51.3. The number of amides is 2. The molecule has 10 heteroatoms. The Hall–Kier alpha value is -2.83. The van der Waals surface area contributed by atoms with Gasteiger partial charge < -0.3 is 9.47 Å². The number of esters is 2. The number of carbonyl (C=O) groups is 4. The van der Waals surface area contributed by atoms with Crippen LogP contribution in [0.4, 0.5) is 10.1 Å². The van der Waals surface area contributed by atoms with Gasteiger partial charge in [0.05, 0.1) is 23.1 Å². The van der Waals surface area contributed by atoms with Crippen molar-refractivity contribution in [1.29, 1.82) is 0 Å². The SMILES string of the molecule is C#CCOC(=O)C1=C(C(=O)N(C(C)=O)c2cc(SCC(=O)OCCCC)c(Cl)cc2F)CCCC1. The van der Waals surface area contributed by atoms with Crippen molar-refractivity contribution in [2.45, 2.75) is 57.3 Å². The fourth-order valence-electron chi connectivity index (χ4n) is 3.43. The lowest BCUT2D eigenvalue weighted by atomic mass is 9.90. The van der Waals surface area contributed by atoms with E-state index < -0.39 is 29.6 Å². The van der Waals surface area contributed by atoms with E-state index in [2.05, 4.69) is 5.92 Å². The summed E-state index contributed by atoms with van der Waals surface area (Å²) >= 11 is 7.15. The average Bonchev–Trinajstić information content (AvgIpc) is 2.83. The molecule has 1 aliphatic rings. The molecule has 35 heavy (non-hydrogen) atoms. The molecule has 0 aliphatic heterocycles. The van der Waals surface area contributed by atoms with Gasteiger partial charge in [0.2, 0.25) is 5.91 Å². The van der Waals surface area contributed by atoms with Crippen molar-refractivity contribution in [3.8, 4) is 12.3 Å². The average molecular weight is 524 g/mol. The lowest BCUT2D eigenvalue weighted by Gasteiger charge is -2.25. The van der Waals surface area contributed by atoms with Crippen LogP contribution >= 0.6 is 23.4 Å². The summed E-state index contributed by atoms with van der Waals surface area (Å²) in [6.45, 7) is 3.13. The van der Waals surface area contributed by atoms with Crippen molar-refractivity contribution in [1.82, 2.24) is 0 Å². The van der Waals surface area contributed by atoms with Crippen molar-refractivity contribution in [3.05, 3.63) is 34.1 Å². The Balaban J connectivity index is 2.37. The maximum Gasteiger partial charge on any atom is 0.335 e. The first-order chi connectivity index (χ1) is 16.7. The quantitative estimate of drug-likeness (QED) is 0.187. The minimum Gasteiger partial charge on any atom is -0.465 e. The van der Waals surface area contributed by atoms with E-state index in [9.17, 15) is 23.6 Å². The highest BCUT2D eigenvalue weighted by Gasteiger charge is 2.32. The summed E-state index contributed by atoms with van der Waals surface area (Å²) in [6, 6.07) is 2.21. The van der Waals surface area contributed by atoms with Crippen LogP contribution in [0.15, 0.2) is 28.2 Å². The topological polar surface area (TPSA) is 90.0 Å². The molecule has 7 nitrogen and oxygen atoms in total. The Morgan fingerprint density at radius 2 is 1.86 bits per heavy atom. The molecule has 1 aromatic rings. The zero-order valence-corrected chi connectivity index (χ0v) is 21.2. The van der Waals surface area contributed by atoms with Gasteiger partial charge in [-0.25, -0.2) is 14.1 Å². The normalized spacial score (nSPS) is 13.1. The molecule has 0 radical (unpaired) electrons. The Labute approximate surface area is 213 Å². The van der Waals surface area contributed by atoms with Crippen LogP contribution < -0.4 is 4.90 Å². The molecule has 0 atom stereocenters. The summed E-state index contributed by atoms with van der Waals surface area (Å²) in [7, 11) is 0. The molecule has 0 fully saturated rings. The molecule has 0 saturated heterocycles. The van der Waals surface area contributed by atoms with Crippen LogP contribution in [-0.2, 0) is 28.7 Å². The second kappa shape index (κ2) is 13.9. The number of hydrogen-bond donors (Lipinski definition) is 0. The first-order valence-corrected chi connectivity index (χ1v) is 12.5. The number of halogens is 2. The van der Waals surface area contributed by atoms with Crippen LogP contribution in [0.5, 0.6) is 0 Å². The number of unbranched alkanes of at least 4 members (excludes halogenated alkanes) is 1. The lowest BCUT2D eigenvalue weighted by Crippen LogP contribution is -2.38. The third-order valence-electron chi connectivity index (χ3n) is 5.13. The van der Waals surface area contributed by atoms with E-state index >= 15 is 0 Å². The van der Waals surface area contributed by atoms with Gasteiger partial charge in [-0.05, 0) is 44.2 Å². The second-order valence-corrected chi connectivity index (χ2v) is 9.13. The summed E-state index contributed by atoms with van der Waals surface area (Å²) in [5.41, 5.74) is -0.124. The van der Waals surface area contributed by atoms with E-state index in [0.717, 1.165) is 37.6 Å². The largest absolute Gasteiger partial charge is 0.465 e. The van der Waals surface area contributed by atoms with Crippen molar-refractivity contribution in [3.63, 3.8) is 0 Å².